The van der Waals surface area contributed by atoms with Crippen molar-refractivity contribution >= 4 is 12.9 Å². The maximum Gasteiger partial charge on any atom is 0.362 e. The predicted octanol–water partition coefficient (Wildman–Crippen LogP) is 2.99. The molecule has 0 saturated heterocycles. The molecule has 1 atom stereocenters. The number of hydrogen-bond donors (Lipinski definition) is 1. The lowest BCUT2D eigenvalue weighted by Crippen LogP contribution is -2.11. The van der Waals surface area contributed by atoms with Crippen LogP contribution in [0.4, 0.5) is 8.78 Å². The molecule has 6 heteroatoms. The zero-order chi connectivity index (χ0) is 13.9. The first-order valence-electron chi connectivity index (χ1n) is 5.46. The molecule has 0 spiro atoms. The van der Waals surface area contributed by atoms with E-state index in [2.05, 4.69) is 0 Å². The second kappa shape index (κ2) is 5.61. The van der Waals surface area contributed by atoms with Crippen molar-refractivity contribution in [3.63, 3.8) is 0 Å². The zero-order valence-corrected chi connectivity index (χ0v) is 10.7. The first-order chi connectivity index (χ1) is 9.00. The Morgan fingerprint density at radius 3 is 2.21 bits per heavy atom. The van der Waals surface area contributed by atoms with Gasteiger partial charge in [0.25, 0.3) is 0 Å². The van der Waals surface area contributed by atoms with E-state index in [1.54, 1.807) is 6.07 Å². The van der Waals surface area contributed by atoms with E-state index in [4.69, 9.17) is 4.52 Å². The van der Waals surface area contributed by atoms with Crippen molar-refractivity contribution in [2.45, 2.75) is 6.61 Å². The van der Waals surface area contributed by atoms with Gasteiger partial charge in [0.15, 0.2) is 0 Å². The minimum atomic E-state index is -4.31. The molecule has 19 heavy (non-hydrogen) atoms. The fraction of sp³-hybridized carbons (Fsp3) is 0.0769. The Bertz CT molecular complexity index is 631. The summed E-state index contributed by atoms with van der Waals surface area (Å²) in [7, 11) is -4.31. The van der Waals surface area contributed by atoms with E-state index in [9.17, 15) is 18.2 Å². The molecule has 2 rings (SSSR count). The van der Waals surface area contributed by atoms with Gasteiger partial charge in [0.05, 0.1) is 11.9 Å². The van der Waals surface area contributed by atoms with Gasteiger partial charge in [-0.3, -0.25) is 4.57 Å². The molecular weight excluding hydrogens is 273 g/mol. The molecule has 0 heterocycles. The summed E-state index contributed by atoms with van der Waals surface area (Å²) in [6.45, 7) is -0.408. The summed E-state index contributed by atoms with van der Waals surface area (Å²) in [5, 5.41) is -0.425. The molecule has 0 aliphatic carbocycles. The van der Waals surface area contributed by atoms with Crippen LogP contribution in [0.15, 0.2) is 48.5 Å². The summed E-state index contributed by atoms with van der Waals surface area (Å²) in [5.41, 5.74) is 0.133. The smallest absolute Gasteiger partial charge is 0.321 e. The summed E-state index contributed by atoms with van der Waals surface area (Å²) in [6, 6.07) is 10.8. The van der Waals surface area contributed by atoms with Crippen molar-refractivity contribution in [1.29, 1.82) is 0 Å². The van der Waals surface area contributed by atoms with Crippen LogP contribution in [-0.4, -0.2) is 4.89 Å². The highest BCUT2D eigenvalue weighted by atomic mass is 31.2. The lowest BCUT2D eigenvalue weighted by Gasteiger charge is -2.13. The van der Waals surface area contributed by atoms with Crippen molar-refractivity contribution in [3.8, 4) is 0 Å². The normalized spacial score (nSPS) is 14.1. The van der Waals surface area contributed by atoms with Gasteiger partial charge < -0.3 is 9.42 Å². The van der Waals surface area contributed by atoms with Crippen LogP contribution in [0.2, 0.25) is 0 Å². The molecule has 2 aromatic carbocycles. The second-order valence-electron chi connectivity index (χ2n) is 3.84. The summed E-state index contributed by atoms with van der Waals surface area (Å²) < 4.78 is 43.4. The maximum atomic E-state index is 13.4. The van der Waals surface area contributed by atoms with Crippen LogP contribution in [0.5, 0.6) is 0 Å². The first kappa shape index (κ1) is 13.9. The van der Waals surface area contributed by atoms with E-state index in [1.165, 1.54) is 30.3 Å². The van der Waals surface area contributed by atoms with Crippen LogP contribution < -0.4 is 5.30 Å². The van der Waals surface area contributed by atoms with Gasteiger partial charge in [-0.15, -0.1) is 0 Å². The topological polar surface area (TPSA) is 46.5 Å². The van der Waals surface area contributed by atoms with Gasteiger partial charge in [0, 0.05) is 5.56 Å². The number of halogens is 2. The van der Waals surface area contributed by atoms with Crippen molar-refractivity contribution in [3.05, 3.63) is 65.7 Å². The maximum absolute atomic E-state index is 13.4. The van der Waals surface area contributed by atoms with E-state index in [-0.39, 0.29) is 5.56 Å². The molecule has 2 aromatic rings. The van der Waals surface area contributed by atoms with E-state index in [0.717, 1.165) is 12.1 Å². The van der Waals surface area contributed by atoms with E-state index < -0.39 is 31.1 Å². The van der Waals surface area contributed by atoms with Gasteiger partial charge in [0.1, 0.15) is 11.6 Å². The standard InChI is InChI=1S/C13H11F2O3P/c14-11-6-2-1-5-10(11)9-18-19(16,17)13-8-4-3-7-12(13)15/h1-8H,9H2,(H,16,17). The molecule has 1 unspecified atom stereocenters. The average Bonchev–Trinajstić information content (AvgIpc) is 2.38. The monoisotopic (exact) mass is 284 g/mol. The quantitative estimate of drug-likeness (QED) is 0.878. The highest BCUT2D eigenvalue weighted by molar-refractivity contribution is 7.61. The van der Waals surface area contributed by atoms with Gasteiger partial charge in [0.2, 0.25) is 0 Å². The Morgan fingerprint density at radius 2 is 1.58 bits per heavy atom. The highest BCUT2D eigenvalue weighted by Gasteiger charge is 2.26. The zero-order valence-electron chi connectivity index (χ0n) is 9.79. The molecule has 0 saturated carbocycles. The molecular formula is C13H11F2O3P. The molecule has 3 nitrogen and oxygen atoms in total. The minimum Gasteiger partial charge on any atom is -0.321 e. The Morgan fingerprint density at radius 1 is 1.00 bits per heavy atom. The summed E-state index contributed by atoms with van der Waals surface area (Å²) in [6.07, 6.45) is 0. The van der Waals surface area contributed by atoms with Crippen LogP contribution in [0.25, 0.3) is 0 Å². The number of benzene rings is 2. The molecule has 1 N–H and O–H groups in total. The molecule has 100 valence electrons. The largest absolute Gasteiger partial charge is 0.362 e. The SMILES string of the molecule is O=P(O)(OCc1ccccc1F)c1ccccc1F. The van der Waals surface area contributed by atoms with Crippen LogP contribution in [0.3, 0.4) is 0 Å². The van der Waals surface area contributed by atoms with Gasteiger partial charge in [-0.25, -0.2) is 8.78 Å². The fourth-order valence-electron chi connectivity index (χ4n) is 1.52. The second-order valence-corrected chi connectivity index (χ2v) is 5.62. The first-order valence-corrected chi connectivity index (χ1v) is 7.04. The van der Waals surface area contributed by atoms with Crippen LogP contribution in [-0.2, 0) is 15.7 Å². The van der Waals surface area contributed by atoms with Crippen LogP contribution in [0, 0.1) is 11.6 Å². The summed E-state index contributed by atoms with van der Waals surface area (Å²) >= 11 is 0. The third-order valence-electron chi connectivity index (χ3n) is 2.51. The number of hydrogen-bond acceptors (Lipinski definition) is 2. The van der Waals surface area contributed by atoms with E-state index in [1.807, 2.05) is 0 Å². The average molecular weight is 284 g/mol. The van der Waals surface area contributed by atoms with Crippen molar-refractivity contribution in [2.75, 3.05) is 0 Å². The van der Waals surface area contributed by atoms with Gasteiger partial charge in [-0.1, -0.05) is 30.3 Å². The Hall–Kier alpha value is -1.55. The fourth-order valence-corrected chi connectivity index (χ4v) is 2.60. The van der Waals surface area contributed by atoms with E-state index >= 15 is 0 Å². The lowest BCUT2D eigenvalue weighted by atomic mass is 10.2. The third kappa shape index (κ3) is 3.26. The third-order valence-corrected chi connectivity index (χ3v) is 3.96. The Balaban J connectivity index is 2.17. The lowest BCUT2D eigenvalue weighted by molar-refractivity contribution is 0.255. The Labute approximate surface area is 109 Å². The van der Waals surface area contributed by atoms with Crippen LogP contribution in [0.1, 0.15) is 5.56 Å². The molecule has 0 aliphatic rings. The van der Waals surface area contributed by atoms with Crippen molar-refractivity contribution in [1.82, 2.24) is 0 Å². The van der Waals surface area contributed by atoms with Crippen LogP contribution >= 0.6 is 7.60 Å². The molecule has 0 radical (unpaired) electrons. The highest BCUT2D eigenvalue weighted by Crippen LogP contribution is 2.42. The van der Waals surface area contributed by atoms with Crippen molar-refractivity contribution < 1.29 is 22.8 Å². The molecule has 0 fully saturated rings. The molecule has 0 amide bonds. The summed E-state index contributed by atoms with van der Waals surface area (Å²) in [4.78, 5) is 9.69. The van der Waals surface area contributed by atoms with Gasteiger partial charge in [-0.2, -0.15) is 0 Å². The van der Waals surface area contributed by atoms with Gasteiger partial charge in [-0.05, 0) is 18.2 Å². The molecule has 0 aromatic heterocycles. The Kier molecular flexibility index (Phi) is 4.10. The van der Waals surface area contributed by atoms with Gasteiger partial charge >= 0.3 is 7.60 Å². The summed E-state index contributed by atoms with van der Waals surface area (Å²) in [5.74, 6) is -1.38. The van der Waals surface area contributed by atoms with E-state index in [0.29, 0.717) is 0 Å². The molecule has 0 aliphatic heterocycles. The minimum absolute atomic E-state index is 0.133. The molecule has 0 bridgehead atoms. The number of rotatable bonds is 4. The predicted molar refractivity (Wildman–Crippen MR) is 67.0 cm³/mol. The van der Waals surface area contributed by atoms with Crippen molar-refractivity contribution in [2.24, 2.45) is 0 Å².